The van der Waals surface area contributed by atoms with Crippen molar-refractivity contribution in [2.45, 2.75) is 26.9 Å². The normalized spacial score (nSPS) is 10.9. The summed E-state index contributed by atoms with van der Waals surface area (Å²) in [6, 6.07) is 15.4. The summed E-state index contributed by atoms with van der Waals surface area (Å²) in [5.74, 6) is 0.656. The number of hydrogen-bond acceptors (Lipinski definition) is 4. The van der Waals surface area contributed by atoms with E-state index >= 15 is 0 Å². The van der Waals surface area contributed by atoms with Gasteiger partial charge in [0, 0.05) is 40.3 Å². The van der Waals surface area contributed by atoms with E-state index in [0.717, 1.165) is 44.5 Å². The van der Waals surface area contributed by atoms with E-state index in [0.29, 0.717) is 18.7 Å². The number of pyridine rings is 1. The number of aryl methyl sites for hydroxylation is 1. The van der Waals surface area contributed by atoms with Gasteiger partial charge in [0.1, 0.15) is 5.75 Å². The van der Waals surface area contributed by atoms with Crippen molar-refractivity contribution in [3.8, 4) is 17.0 Å². The smallest absolute Gasteiger partial charge is 0.252 e. The molecule has 1 amide bonds. The second-order valence-corrected chi connectivity index (χ2v) is 7.98. The number of ether oxygens (including phenoxy) is 1. The highest BCUT2D eigenvalue weighted by Gasteiger charge is 2.15. The Bertz CT molecular complexity index is 1220. The maximum Gasteiger partial charge on any atom is 0.252 e. The van der Waals surface area contributed by atoms with Gasteiger partial charge in [-0.25, -0.2) is 4.98 Å². The van der Waals surface area contributed by atoms with Crippen molar-refractivity contribution >= 4 is 32.7 Å². The minimum absolute atomic E-state index is 0.151. The van der Waals surface area contributed by atoms with Gasteiger partial charge in [-0.2, -0.15) is 5.10 Å². The minimum Gasteiger partial charge on any atom is -0.494 e. The molecule has 1 N–H and O–H groups in total. The Kier molecular flexibility index (Phi) is 6.32. The van der Waals surface area contributed by atoms with E-state index < -0.39 is 0 Å². The third-order valence-electron chi connectivity index (χ3n) is 4.94. The zero-order valence-electron chi connectivity index (χ0n) is 17.4. The first kappa shape index (κ1) is 21.1. The number of aromatic nitrogens is 3. The van der Waals surface area contributed by atoms with Gasteiger partial charge < -0.3 is 10.1 Å². The molecule has 6 nitrogen and oxygen atoms in total. The number of nitrogens with one attached hydrogen (secondary N) is 1. The number of rotatable bonds is 7. The zero-order valence-corrected chi connectivity index (χ0v) is 19.0. The molecule has 0 fully saturated rings. The highest BCUT2D eigenvalue weighted by molar-refractivity contribution is 9.10. The number of benzene rings is 2. The molecule has 2 aromatic carbocycles. The number of fused-ring (bicyclic) bond motifs is 1. The molecule has 4 aromatic rings. The lowest BCUT2D eigenvalue weighted by Gasteiger charge is -2.11. The molecule has 0 atom stereocenters. The van der Waals surface area contributed by atoms with Crippen molar-refractivity contribution in [2.24, 2.45) is 0 Å². The molecule has 7 heteroatoms. The molecule has 31 heavy (non-hydrogen) atoms. The van der Waals surface area contributed by atoms with Crippen LogP contribution >= 0.6 is 15.9 Å². The van der Waals surface area contributed by atoms with Gasteiger partial charge in [0.25, 0.3) is 5.91 Å². The van der Waals surface area contributed by atoms with Crippen LogP contribution < -0.4 is 10.1 Å². The Labute approximate surface area is 189 Å². The summed E-state index contributed by atoms with van der Waals surface area (Å²) >= 11 is 3.50. The second-order valence-electron chi connectivity index (χ2n) is 7.06. The van der Waals surface area contributed by atoms with Crippen LogP contribution in [0.15, 0.2) is 65.4 Å². The number of hydrogen-bond donors (Lipinski definition) is 1. The molecule has 0 saturated carbocycles. The fourth-order valence-electron chi connectivity index (χ4n) is 3.37. The number of amides is 1. The average molecular weight is 479 g/mol. The summed E-state index contributed by atoms with van der Waals surface area (Å²) in [6.07, 6.45) is 3.71. The first-order valence-electron chi connectivity index (χ1n) is 10.2. The van der Waals surface area contributed by atoms with Crippen LogP contribution in [0.2, 0.25) is 0 Å². The monoisotopic (exact) mass is 478 g/mol. The molecule has 0 unspecified atom stereocenters. The largest absolute Gasteiger partial charge is 0.494 e. The first-order chi connectivity index (χ1) is 15.1. The van der Waals surface area contributed by atoms with Crippen molar-refractivity contribution in [2.75, 3.05) is 6.61 Å². The van der Waals surface area contributed by atoms with Crippen molar-refractivity contribution in [3.63, 3.8) is 0 Å². The molecule has 0 radical (unpaired) electrons. The lowest BCUT2D eigenvalue weighted by Crippen LogP contribution is -2.23. The molecule has 0 saturated heterocycles. The molecule has 0 aliphatic rings. The Hall–Kier alpha value is -3.19. The molecule has 4 rings (SSSR count). The zero-order chi connectivity index (χ0) is 21.8. The Balaban J connectivity index is 1.68. The summed E-state index contributed by atoms with van der Waals surface area (Å²) in [5, 5.41) is 8.07. The van der Waals surface area contributed by atoms with Gasteiger partial charge in [-0.3, -0.25) is 9.48 Å². The molecule has 158 valence electrons. The van der Waals surface area contributed by atoms with E-state index in [9.17, 15) is 4.79 Å². The maximum absolute atomic E-state index is 13.1. The summed E-state index contributed by atoms with van der Waals surface area (Å²) in [6.45, 7) is 5.80. The number of carbonyl (C=O) groups excluding carboxylic acids is 1. The third-order valence-corrected chi connectivity index (χ3v) is 5.43. The second kappa shape index (κ2) is 9.31. The van der Waals surface area contributed by atoms with Crippen LogP contribution in [0, 0.1) is 0 Å². The van der Waals surface area contributed by atoms with Crippen LogP contribution in [0.1, 0.15) is 29.8 Å². The lowest BCUT2D eigenvalue weighted by molar-refractivity contribution is 0.0952. The van der Waals surface area contributed by atoms with Gasteiger partial charge in [-0.05, 0) is 62.4 Å². The quantitative estimate of drug-likeness (QED) is 0.395. The van der Waals surface area contributed by atoms with Gasteiger partial charge in [-0.15, -0.1) is 0 Å². The molecule has 0 aliphatic carbocycles. The van der Waals surface area contributed by atoms with E-state index in [1.807, 2.05) is 73.3 Å². The molecule has 2 aromatic heterocycles. The van der Waals surface area contributed by atoms with Crippen molar-refractivity contribution < 1.29 is 9.53 Å². The van der Waals surface area contributed by atoms with Gasteiger partial charge in [-0.1, -0.05) is 15.9 Å². The summed E-state index contributed by atoms with van der Waals surface area (Å²) in [5.41, 5.74) is 3.96. The summed E-state index contributed by atoms with van der Waals surface area (Å²) < 4.78 is 8.26. The predicted octanol–water partition coefficient (Wildman–Crippen LogP) is 5.21. The number of halogens is 1. The van der Waals surface area contributed by atoms with Crippen LogP contribution in [0.3, 0.4) is 0 Å². The van der Waals surface area contributed by atoms with Crippen LogP contribution in [-0.4, -0.2) is 27.3 Å². The van der Waals surface area contributed by atoms with Crippen LogP contribution in [0.5, 0.6) is 5.75 Å². The van der Waals surface area contributed by atoms with E-state index in [2.05, 4.69) is 26.3 Å². The molecular weight excluding hydrogens is 456 g/mol. The fraction of sp³-hybridized carbons (Fsp3) is 0.208. The highest BCUT2D eigenvalue weighted by atomic mass is 79.9. The van der Waals surface area contributed by atoms with Crippen LogP contribution in [0.4, 0.5) is 0 Å². The van der Waals surface area contributed by atoms with Crippen molar-refractivity contribution in [3.05, 3.63) is 76.5 Å². The van der Waals surface area contributed by atoms with E-state index in [-0.39, 0.29) is 5.91 Å². The van der Waals surface area contributed by atoms with Gasteiger partial charge >= 0.3 is 0 Å². The van der Waals surface area contributed by atoms with Gasteiger partial charge in [0.15, 0.2) is 0 Å². The molecule has 0 bridgehead atoms. The maximum atomic E-state index is 13.1. The molecule has 0 spiro atoms. The minimum atomic E-state index is -0.151. The molecule has 0 aliphatic heterocycles. The summed E-state index contributed by atoms with van der Waals surface area (Å²) in [4.78, 5) is 17.9. The lowest BCUT2D eigenvalue weighted by atomic mass is 10.0. The third kappa shape index (κ3) is 4.77. The Morgan fingerprint density at radius 3 is 2.65 bits per heavy atom. The van der Waals surface area contributed by atoms with E-state index in [1.165, 1.54) is 0 Å². The SMILES string of the molecule is CCOc1ccc(-c2cc(C(=O)NCc3cnn(CC)c3)c3cc(Br)ccc3n2)cc1. The molecule has 2 heterocycles. The van der Waals surface area contributed by atoms with E-state index in [1.54, 1.807) is 6.20 Å². The first-order valence-corrected chi connectivity index (χ1v) is 11.0. The Morgan fingerprint density at radius 2 is 1.94 bits per heavy atom. The van der Waals surface area contributed by atoms with Crippen LogP contribution in [0.25, 0.3) is 22.2 Å². The van der Waals surface area contributed by atoms with Crippen LogP contribution in [-0.2, 0) is 13.1 Å². The highest BCUT2D eigenvalue weighted by Crippen LogP contribution is 2.28. The standard InChI is InChI=1S/C24H23BrN4O2/c1-3-29-15-16(14-27-29)13-26-24(30)21-12-23(17-5-8-19(9-6-17)31-4-2)28-22-10-7-18(25)11-20(21)22/h5-12,14-15H,3-4,13H2,1-2H3,(H,26,30). The summed E-state index contributed by atoms with van der Waals surface area (Å²) in [7, 11) is 0. The molecular formula is C24H23BrN4O2. The van der Waals surface area contributed by atoms with Gasteiger partial charge in [0.05, 0.1) is 29.6 Å². The van der Waals surface area contributed by atoms with Crippen molar-refractivity contribution in [1.82, 2.24) is 20.1 Å². The van der Waals surface area contributed by atoms with E-state index in [4.69, 9.17) is 9.72 Å². The topological polar surface area (TPSA) is 69.0 Å². The number of carbonyl (C=O) groups is 1. The predicted molar refractivity (Wildman–Crippen MR) is 125 cm³/mol. The number of nitrogens with zero attached hydrogens (tertiary/aromatic N) is 3. The fourth-order valence-corrected chi connectivity index (χ4v) is 3.73. The average Bonchev–Trinajstić information content (AvgIpc) is 3.26. The van der Waals surface area contributed by atoms with Gasteiger partial charge in [0.2, 0.25) is 0 Å². The Morgan fingerprint density at radius 1 is 1.13 bits per heavy atom. The van der Waals surface area contributed by atoms with Crippen molar-refractivity contribution in [1.29, 1.82) is 0 Å².